The van der Waals surface area contributed by atoms with Gasteiger partial charge in [-0.15, -0.1) is 11.8 Å². The van der Waals surface area contributed by atoms with Gasteiger partial charge in [0.05, 0.1) is 16.8 Å². The van der Waals surface area contributed by atoms with E-state index in [1.807, 2.05) is 31.2 Å². The molecule has 0 aromatic heterocycles. The van der Waals surface area contributed by atoms with E-state index < -0.39 is 9.84 Å². The highest BCUT2D eigenvalue weighted by Gasteiger charge is 2.29. The summed E-state index contributed by atoms with van der Waals surface area (Å²) in [5, 5.41) is 3.29. The van der Waals surface area contributed by atoms with Gasteiger partial charge >= 0.3 is 0 Å². The first kappa shape index (κ1) is 16.6. The number of rotatable bonds is 5. The third-order valence-corrected chi connectivity index (χ3v) is 6.60. The number of halogens is 1. The molecule has 21 heavy (non-hydrogen) atoms. The number of sulfone groups is 1. The van der Waals surface area contributed by atoms with Gasteiger partial charge in [-0.2, -0.15) is 0 Å². The number of carbonyl (C=O) groups excluding carboxylic acids is 1. The molecule has 1 aromatic carbocycles. The molecule has 0 aliphatic carbocycles. The molecule has 1 heterocycles. The standard InChI is InChI=1S/C14H18ClNO3S2/c1-10(20-8-11-2-4-12(15)5-3-11)14(17)16-13-6-7-21(18,19)9-13/h2-5,10,13H,6-9H2,1H3,(H,16,17)/t10-,13-/m0/s1. The van der Waals surface area contributed by atoms with E-state index in [2.05, 4.69) is 5.32 Å². The minimum Gasteiger partial charge on any atom is -0.351 e. The first-order valence-electron chi connectivity index (χ1n) is 6.72. The average Bonchev–Trinajstić information content (AvgIpc) is 2.77. The number of hydrogen-bond acceptors (Lipinski definition) is 4. The lowest BCUT2D eigenvalue weighted by molar-refractivity contribution is -0.120. The molecular weight excluding hydrogens is 330 g/mol. The SMILES string of the molecule is C[C@H](SCc1ccc(Cl)cc1)C(=O)N[C@H]1CCS(=O)(=O)C1. The van der Waals surface area contributed by atoms with Crippen molar-refractivity contribution in [2.75, 3.05) is 11.5 Å². The Bertz CT molecular complexity index is 601. The predicted molar refractivity (Wildman–Crippen MR) is 87.4 cm³/mol. The fourth-order valence-corrected chi connectivity index (χ4v) is 4.76. The monoisotopic (exact) mass is 347 g/mol. The summed E-state index contributed by atoms with van der Waals surface area (Å²) in [6.07, 6.45) is 0.517. The van der Waals surface area contributed by atoms with Gasteiger partial charge in [-0.1, -0.05) is 23.7 Å². The lowest BCUT2D eigenvalue weighted by Crippen LogP contribution is -2.40. The lowest BCUT2D eigenvalue weighted by atomic mass is 10.2. The summed E-state index contributed by atoms with van der Waals surface area (Å²) in [6.45, 7) is 1.83. The Morgan fingerprint density at radius 2 is 2.10 bits per heavy atom. The van der Waals surface area contributed by atoms with Crippen LogP contribution in [0.1, 0.15) is 18.9 Å². The molecular formula is C14H18ClNO3S2. The zero-order valence-electron chi connectivity index (χ0n) is 11.7. The van der Waals surface area contributed by atoms with Crippen LogP contribution in [0.4, 0.5) is 0 Å². The van der Waals surface area contributed by atoms with Crippen molar-refractivity contribution in [2.45, 2.75) is 30.4 Å². The number of amides is 1. The van der Waals surface area contributed by atoms with Gasteiger partial charge in [0.25, 0.3) is 0 Å². The topological polar surface area (TPSA) is 63.2 Å². The third kappa shape index (κ3) is 5.20. The van der Waals surface area contributed by atoms with Crippen LogP contribution in [0.15, 0.2) is 24.3 Å². The van der Waals surface area contributed by atoms with Gasteiger partial charge in [0, 0.05) is 16.8 Å². The van der Waals surface area contributed by atoms with Crippen LogP contribution < -0.4 is 5.32 Å². The van der Waals surface area contributed by atoms with Gasteiger partial charge in [-0.3, -0.25) is 4.79 Å². The second kappa shape index (κ2) is 7.03. The van der Waals surface area contributed by atoms with Gasteiger partial charge in [-0.05, 0) is 31.0 Å². The minimum atomic E-state index is -2.96. The van der Waals surface area contributed by atoms with Crippen LogP contribution in [-0.2, 0) is 20.4 Å². The molecule has 1 aliphatic heterocycles. The number of nitrogens with one attached hydrogen (secondary N) is 1. The van der Waals surface area contributed by atoms with E-state index in [1.165, 1.54) is 11.8 Å². The van der Waals surface area contributed by atoms with Crippen molar-refractivity contribution in [3.8, 4) is 0 Å². The Morgan fingerprint density at radius 3 is 2.67 bits per heavy atom. The molecule has 4 nitrogen and oxygen atoms in total. The molecule has 1 aliphatic rings. The Kier molecular flexibility index (Phi) is 5.57. The fourth-order valence-electron chi connectivity index (χ4n) is 2.10. The van der Waals surface area contributed by atoms with Crippen molar-refractivity contribution in [1.82, 2.24) is 5.32 Å². The van der Waals surface area contributed by atoms with Crippen LogP contribution in [0.2, 0.25) is 5.02 Å². The van der Waals surface area contributed by atoms with E-state index >= 15 is 0 Å². The summed E-state index contributed by atoms with van der Waals surface area (Å²) in [7, 11) is -2.96. The number of thioether (sulfide) groups is 1. The molecule has 1 N–H and O–H groups in total. The van der Waals surface area contributed by atoms with E-state index in [4.69, 9.17) is 11.6 Å². The summed E-state index contributed by atoms with van der Waals surface area (Å²) in [5.41, 5.74) is 1.10. The molecule has 116 valence electrons. The number of benzene rings is 1. The maximum absolute atomic E-state index is 12.0. The molecule has 0 spiro atoms. The summed E-state index contributed by atoms with van der Waals surface area (Å²) in [6, 6.07) is 7.28. The Labute approximate surface area is 134 Å². The molecule has 1 fully saturated rings. The van der Waals surface area contributed by atoms with Crippen molar-refractivity contribution in [3.63, 3.8) is 0 Å². The van der Waals surface area contributed by atoms with Gasteiger partial charge in [0.1, 0.15) is 0 Å². The molecule has 2 atom stereocenters. The molecule has 0 bridgehead atoms. The maximum Gasteiger partial charge on any atom is 0.233 e. The summed E-state index contributed by atoms with van der Waals surface area (Å²) in [5.74, 6) is 0.850. The number of hydrogen-bond donors (Lipinski definition) is 1. The third-order valence-electron chi connectivity index (χ3n) is 3.36. The first-order chi connectivity index (χ1) is 9.85. The Balaban J connectivity index is 1.79. The minimum absolute atomic E-state index is 0.0628. The molecule has 7 heteroatoms. The van der Waals surface area contributed by atoms with Crippen LogP contribution in [0.5, 0.6) is 0 Å². The summed E-state index contributed by atoms with van der Waals surface area (Å²) < 4.78 is 22.7. The van der Waals surface area contributed by atoms with Crippen molar-refractivity contribution in [1.29, 1.82) is 0 Å². The van der Waals surface area contributed by atoms with Crippen LogP contribution in [0.25, 0.3) is 0 Å². The predicted octanol–water partition coefficient (Wildman–Crippen LogP) is 2.27. The highest BCUT2D eigenvalue weighted by Crippen LogP contribution is 2.20. The maximum atomic E-state index is 12.0. The molecule has 0 saturated carbocycles. The quantitative estimate of drug-likeness (QED) is 0.887. The first-order valence-corrected chi connectivity index (χ1v) is 9.97. The van der Waals surface area contributed by atoms with Crippen LogP contribution in [0.3, 0.4) is 0 Å². The van der Waals surface area contributed by atoms with Gasteiger partial charge in [0.15, 0.2) is 9.84 Å². The lowest BCUT2D eigenvalue weighted by Gasteiger charge is -2.15. The van der Waals surface area contributed by atoms with E-state index in [0.717, 1.165) is 5.56 Å². The van der Waals surface area contributed by atoms with E-state index in [-0.39, 0.29) is 28.7 Å². The number of carbonyl (C=O) groups is 1. The summed E-state index contributed by atoms with van der Waals surface area (Å²) >= 11 is 7.35. The van der Waals surface area contributed by atoms with Crippen molar-refractivity contribution in [2.24, 2.45) is 0 Å². The summed E-state index contributed by atoms with van der Waals surface area (Å²) in [4.78, 5) is 12.0. The van der Waals surface area contributed by atoms with Crippen LogP contribution >= 0.6 is 23.4 Å². The van der Waals surface area contributed by atoms with E-state index in [0.29, 0.717) is 17.2 Å². The van der Waals surface area contributed by atoms with Crippen LogP contribution in [0, 0.1) is 0 Å². The van der Waals surface area contributed by atoms with Crippen molar-refractivity contribution >= 4 is 39.1 Å². The smallest absolute Gasteiger partial charge is 0.233 e. The van der Waals surface area contributed by atoms with E-state index in [1.54, 1.807) is 0 Å². The Morgan fingerprint density at radius 1 is 1.43 bits per heavy atom. The fraction of sp³-hybridized carbons (Fsp3) is 0.500. The molecule has 1 aromatic rings. The highest BCUT2D eigenvalue weighted by atomic mass is 35.5. The highest BCUT2D eigenvalue weighted by molar-refractivity contribution is 7.99. The molecule has 1 saturated heterocycles. The molecule has 0 unspecified atom stereocenters. The Hall–Kier alpha value is -0.720. The zero-order valence-corrected chi connectivity index (χ0v) is 14.1. The molecule has 0 radical (unpaired) electrons. The average molecular weight is 348 g/mol. The van der Waals surface area contributed by atoms with E-state index in [9.17, 15) is 13.2 Å². The van der Waals surface area contributed by atoms with Crippen molar-refractivity contribution < 1.29 is 13.2 Å². The zero-order chi connectivity index (χ0) is 15.5. The van der Waals surface area contributed by atoms with Crippen LogP contribution in [-0.4, -0.2) is 37.1 Å². The second-order valence-corrected chi connectivity index (χ2v) is 9.18. The van der Waals surface area contributed by atoms with Crippen molar-refractivity contribution in [3.05, 3.63) is 34.9 Å². The normalized spacial score (nSPS) is 21.9. The van der Waals surface area contributed by atoms with Gasteiger partial charge in [-0.25, -0.2) is 8.42 Å². The van der Waals surface area contributed by atoms with Gasteiger partial charge < -0.3 is 5.32 Å². The molecule has 1 amide bonds. The largest absolute Gasteiger partial charge is 0.351 e. The second-order valence-electron chi connectivity index (χ2n) is 5.19. The molecule has 2 rings (SSSR count). The van der Waals surface area contributed by atoms with Gasteiger partial charge in [0.2, 0.25) is 5.91 Å².